The molecule has 4 heterocycles. The number of halogens is 3. The number of aliphatic imine (C=N–C) groups is 1. The molecule has 4 rings (SSSR count). The number of piperidine rings is 1. The molecule has 28 heavy (non-hydrogen) atoms. The predicted octanol–water partition coefficient (Wildman–Crippen LogP) is 4.12. The third kappa shape index (κ3) is 3.50. The Morgan fingerprint density at radius 1 is 1.36 bits per heavy atom. The summed E-state index contributed by atoms with van der Waals surface area (Å²) in [6.45, 7) is 0.835. The van der Waals surface area contributed by atoms with Crippen LogP contribution in [-0.2, 0) is 0 Å². The first-order valence-corrected chi connectivity index (χ1v) is 8.94. The Morgan fingerprint density at radius 2 is 2.21 bits per heavy atom. The van der Waals surface area contributed by atoms with Crippen LogP contribution in [0.3, 0.4) is 0 Å². The minimum atomic E-state index is -4.41. The largest absolute Gasteiger partial charge is 0.396 e. The van der Waals surface area contributed by atoms with Gasteiger partial charge in [-0.2, -0.15) is 23.4 Å². The summed E-state index contributed by atoms with van der Waals surface area (Å²) in [5.41, 5.74) is 2.53. The smallest absolute Gasteiger partial charge is 0.358 e. The van der Waals surface area contributed by atoms with Crippen molar-refractivity contribution in [3.05, 3.63) is 36.3 Å². The average Bonchev–Trinajstić information content (AvgIpc) is 3.15. The van der Waals surface area contributed by atoms with Gasteiger partial charge in [0.25, 0.3) is 0 Å². The summed E-state index contributed by atoms with van der Waals surface area (Å²) >= 11 is 0. The number of likely N-dealkylation sites (tertiary alicyclic amines) is 1. The summed E-state index contributed by atoms with van der Waals surface area (Å²) in [5, 5.41) is 10.7. The van der Waals surface area contributed by atoms with E-state index in [0.717, 1.165) is 40.3 Å². The van der Waals surface area contributed by atoms with Crippen LogP contribution in [0.15, 0.2) is 35.7 Å². The maximum atomic E-state index is 12.9. The lowest BCUT2D eigenvalue weighted by molar-refractivity contribution is -0.122. The number of hydrogen-bond donors (Lipinski definition) is 1. The van der Waals surface area contributed by atoms with Crippen LogP contribution in [0.4, 0.5) is 13.2 Å². The lowest BCUT2D eigenvalue weighted by Crippen LogP contribution is -2.41. The second-order valence-corrected chi connectivity index (χ2v) is 6.86. The van der Waals surface area contributed by atoms with E-state index in [1.807, 2.05) is 18.3 Å². The van der Waals surface area contributed by atoms with Crippen LogP contribution in [0, 0.1) is 11.5 Å². The van der Waals surface area contributed by atoms with Crippen LogP contribution in [-0.4, -0.2) is 45.0 Å². The van der Waals surface area contributed by atoms with E-state index in [1.165, 1.54) is 6.19 Å². The van der Waals surface area contributed by atoms with Gasteiger partial charge >= 0.3 is 6.18 Å². The number of aromatic nitrogens is 3. The Kier molecular flexibility index (Phi) is 4.63. The first-order chi connectivity index (χ1) is 13.5. The Hall–Kier alpha value is -3.15. The number of nitrogens with one attached hydrogen (secondary N) is 1. The fourth-order valence-corrected chi connectivity index (χ4v) is 3.94. The van der Waals surface area contributed by atoms with Crippen molar-refractivity contribution in [1.29, 1.82) is 5.26 Å². The molecular weight excluding hydrogens is 369 g/mol. The summed E-state index contributed by atoms with van der Waals surface area (Å²) in [4.78, 5) is 16.9. The normalized spacial score (nSPS) is 18.6. The number of nitrogens with zero attached hydrogens (tertiary/aromatic N) is 5. The summed E-state index contributed by atoms with van der Waals surface area (Å²) < 4.78 is 38.7. The van der Waals surface area contributed by atoms with Gasteiger partial charge < -0.3 is 9.88 Å². The maximum Gasteiger partial charge on any atom is 0.396 e. The van der Waals surface area contributed by atoms with E-state index in [4.69, 9.17) is 5.26 Å². The molecule has 1 atom stereocenters. The fourth-order valence-electron chi connectivity index (χ4n) is 3.94. The van der Waals surface area contributed by atoms with Gasteiger partial charge in [0.1, 0.15) is 17.9 Å². The van der Waals surface area contributed by atoms with Crippen LogP contribution in [0.25, 0.3) is 21.9 Å². The molecule has 144 valence electrons. The van der Waals surface area contributed by atoms with Crippen molar-refractivity contribution in [2.45, 2.75) is 31.4 Å². The number of nitriles is 1. The lowest BCUT2D eigenvalue weighted by Gasteiger charge is -2.35. The second-order valence-electron chi connectivity index (χ2n) is 6.86. The molecular formula is C19H17F3N6. The highest BCUT2D eigenvalue weighted by molar-refractivity contribution is 6.05. The standard InChI is InChI=1S/C19H17F3N6/c20-19(21,22)8-16(27-11-23)28-7-1-2-12(10-28)13-3-5-24-15-9-26-18-14(17(13)15)4-6-25-18/h3-6,9,12H,1-2,7-8,10H2,(H,25,26)/b27-16+. The van der Waals surface area contributed by atoms with E-state index in [9.17, 15) is 13.2 Å². The van der Waals surface area contributed by atoms with Gasteiger partial charge in [-0.3, -0.25) is 4.98 Å². The van der Waals surface area contributed by atoms with Crippen LogP contribution < -0.4 is 0 Å². The molecule has 0 amide bonds. The highest BCUT2D eigenvalue weighted by Crippen LogP contribution is 2.35. The van der Waals surface area contributed by atoms with Crippen LogP contribution in [0.5, 0.6) is 0 Å². The summed E-state index contributed by atoms with van der Waals surface area (Å²) in [6, 6.07) is 3.86. The number of pyridine rings is 2. The zero-order valence-corrected chi connectivity index (χ0v) is 14.9. The molecule has 9 heteroatoms. The number of amidine groups is 1. The van der Waals surface area contributed by atoms with E-state index >= 15 is 0 Å². The molecule has 1 fully saturated rings. The van der Waals surface area contributed by atoms with Crippen molar-refractivity contribution in [2.24, 2.45) is 4.99 Å². The molecule has 1 saturated heterocycles. The number of alkyl halides is 3. The monoisotopic (exact) mass is 386 g/mol. The van der Waals surface area contributed by atoms with Gasteiger partial charge in [0.2, 0.25) is 6.19 Å². The van der Waals surface area contributed by atoms with Crippen LogP contribution >= 0.6 is 0 Å². The third-order valence-corrected chi connectivity index (χ3v) is 5.09. The van der Waals surface area contributed by atoms with Gasteiger partial charge in [-0.15, -0.1) is 0 Å². The molecule has 1 N–H and O–H groups in total. The van der Waals surface area contributed by atoms with Crippen molar-refractivity contribution in [1.82, 2.24) is 19.9 Å². The predicted molar refractivity (Wildman–Crippen MR) is 98.7 cm³/mol. The molecule has 1 aliphatic heterocycles. The van der Waals surface area contributed by atoms with Crippen LogP contribution in [0.2, 0.25) is 0 Å². The van der Waals surface area contributed by atoms with Crippen molar-refractivity contribution in [2.75, 3.05) is 13.1 Å². The third-order valence-electron chi connectivity index (χ3n) is 5.09. The second kappa shape index (κ2) is 7.11. The van der Waals surface area contributed by atoms with E-state index in [-0.39, 0.29) is 11.8 Å². The summed E-state index contributed by atoms with van der Waals surface area (Å²) in [7, 11) is 0. The fraction of sp³-hybridized carbons (Fsp3) is 0.368. The maximum absolute atomic E-state index is 12.9. The molecule has 0 bridgehead atoms. The van der Waals surface area contributed by atoms with Gasteiger partial charge in [0.15, 0.2) is 0 Å². The topological polar surface area (TPSA) is 81.0 Å². The Balaban J connectivity index is 1.71. The number of rotatable bonds is 2. The molecule has 3 aromatic rings. The number of hydrogen-bond acceptors (Lipinski definition) is 4. The number of aromatic amines is 1. The number of fused-ring (bicyclic) bond motifs is 3. The molecule has 1 unspecified atom stereocenters. The average molecular weight is 386 g/mol. The molecule has 6 nitrogen and oxygen atoms in total. The first-order valence-electron chi connectivity index (χ1n) is 8.94. The molecule has 0 aromatic carbocycles. The van der Waals surface area contributed by atoms with Gasteiger partial charge in [0.05, 0.1) is 11.7 Å². The zero-order valence-electron chi connectivity index (χ0n) is 14.9. The van der Waals surface area contributed by atoms with E-state index in [2.05, 4.69) is 19.9 Å². The van der Waals surface area contributed by atoms with Gasteiger partial charge in [-0.25, -0.2) is 4.98 Å². The van der Waals surface area contributed by atoms with E-state index < -0.39 is 12.6 Å². The lowest BCUT2D eigenvalue weighted by atomic mass is 9.88. The van der Waals surface area contributed by atoms with Gasteiger partial charge in [0, 0.05) is 42.2 Å². The molecule has 0 spiro atoms. The molecule has 0 aliphatic carbocycles. The number of H-pyrrole nitrogens is 1. The van der Waals surface area contributed by atoms with E-state index in [1.54, 1.807) is 17.3 Å². The molecule has 0 radical (unpaired) electrons. The first kappa shape index (κ1) is 18.2. The Bertz CT molecular complexity index is 1080. The Morgan fingerprint density at radius 3 is 3.00 bits per heavy atom. The zero-order chi connectivity index (χ0) is 19.7. The van der Waals surface area contributed by atoms with E-state index in [0.29, 0.717) is 13.1 Å². The molecule has 0 saturated carbocycles. The van der Waals surface area contributed by atoms with Crippen molar-refractivity contribution in [3.8, 4) is 6.19 Å². The minimum absolute atomic E-state index is 0.0110. The Labute approximate surface area is 158 Å². The van der Waals surface area contributed by atoms with Crippen molar-refractivity contribution in [3.63, 3.8) is 0 Å². The summed E-state index contributed by atoms with van der Waals surface area (Å²) in [5.74, 6) is -0.205. The van der Waals surface area contributed by atoms with Gasteiger partial charge in [-0.1, -0.05) is 0 Å². The van der Waals surface area contributed by atoms with Crippen molar-refractivity contribution >= 4 is 27.8 Å². The molecule has 1 aliphatic rings. The highest BCUT2D eigenvalue weighted by atomic mass is 19.4. The minimum Gasteiger partial charge on any atom is -0.358 e. The molecule has 3 aromatic heterocycles. The summed E-state index contributed by atoms with van der Waals surface area (Å²) in [6.07, 6.45) is 2.69. The highest BCUT2D eigenvalue weighted by Gasteiger charge is 2.34. The SMILES string of the molecule is N#C/N=C(\CC(F)(F)F)N1CCCC(c2ccnc3cnc4[nH]ccc4c23)C1. The van der Waals surface area contributed by atoms with Gasteiger partial charge in [-0.05, 0) is 30.5 Å². The van der Waals surface area contributed by atoms with Crippen molar-refractivity contribution < 1.29 is 13.2 Å². The van der Waals surface area contributed by atoms with Crippen LogP contribution in [0.1, 0.15) is 30.7 Å². The quantitative estimate of drug-likeness (QED) is 0.408.